The number of rotatable bonds is 4. The van der Waals surface area contributed by atoms with E-state index in [0.29, 0.717) is 12.2 Å². The predicted octanol–water partition coefficient (Wildman–Crippen LogP) is 4.49. The Bertz CT molecular complexity index is 941. The molecular weight excluding hydrogens is 438 g/mol. The summed E-state index contributed by atoms with van der Waals surface area (Å²) in [6.45, 7) is 1.42. The molecule has 174 valence electrons. The molecule has 6 nitrogen and oxygen atoms in total. The molecule has 0 saturated carbocycles. The van der Waals surface area contributed by atoms with Gasteiger partial charge in [0.05, 0.1) is 17.2 Å². The Morgan fingerprint density at radius 2 is 1.84 bits per heavy atom. The standard InChI is InChI=1S/C20H22F6N6/c21-19(22,23)13-3-6-28-16(8-13)30-17-9-15(12-2-1-5-27-10-12)29-18(31-17)32-7-4-14(11-32)20(24,25)26/h3,6,8-9,12,14,27H,1-2,4-5,7,10-11H2,(H,28,29,30,31). The molecule has 2 saturated heterocycles. The highest BCUT2D eigenvalue weighted by Gasteiger charge is 2.44. The Labute approximate surface area is 180 Å². The molecule has 2 unspecified atom stereocenters. The summed E-state index contributed by atoms with van der Waals surface area (Å²) in [6.07, 6.45) is -6.09. The first-order valence-electron chi connectivity index (χ1n) is 10.3. The third-order valence-electron chi connectivity index (χ3n) is 5.73. The van der Waals surface area contributed by atoms with Crippen molar-refractivity contribution in [1.29, 1.82) is 0 Å². The second-order valence-electron chi connectivity index (χ2n) is 8.05. The second kappa shape index (κ2) is 8.72. The number of alkyl halides is 6. The van der Waals surface area contributed by atoms with Crippen LogP contribution in [0.3, 0.4) is 0 Å². The average molecular weight is 460 g/mol. The van der Waals surface area contributed by atoms with Crippen molar-refractivity contribution >= 4 is 17.6 Å². The predicted molar refractivity (Wildman–Crippen MR) is 106 cm³/mol. The Morgan fingerprint density at radius 3 is 2.50 bits per heavy atom. The molecule has 2 atom stereocenters. The maximum Gasteiger partial charge on any atom is 0.416 e. The highest BCUT2D eigenvalue weighted by atomic mass is 19.4. The molecule has 2 aromatic rings. The topological polar surface area (TPSA) is 66.0 Å². The Kier molecular flexibility index (Phi) is 6.15. The first-order valence-corrected chi connectivity index (χ1v) is 10.3. The van der Waals surface area contributed by atoms with Gasteiger partial charge in [-0.3, -0.25) is 0 Å². The van der Waals surface area contributed by atoms with E-state index in [1.807, 2.05) is 0 Å². The van der Waals surface area contributed by atoms with E-state index in [0.717, 1.165) is 37.7 Å². The van der Waals surface area contributed by atoms with Gasteiger partial charge in [-0.2, -0.15) is 31.3 Å². The molecule has 2 fully saturated rings. The van der Waals surface area contributed by atoms with Crippen LogP contribution in [0.25, 0.3) is 0 Å². The van der Waals surface area contributed by atoms with Gasteiger partial charge >= 0.3 is 12.4 Å². The van der Waals surface area contributed by atoms with Gasteiger partial charge in [-0.1, -0.05) is 0 Å². The number of pyridine rings is 1. The van der Waals surface area contributed by atoms with Crippen LogP contribution in [0.15, 0.2) is 24.4 Å². The lowest BCUT2D eigenvalue weighted by atomic mass is 9.96. The Morgan fingerprint density at radius 1 is 1.03 bits per heavy atom. The van der Waals surface area contributed by atoms with Gasteiger partial charge < -0.3 is 15.5 Å². The fourth-order valence-corrected chi connectivity index (χ4v) is 3.99. The summed E-state index contributed by atoms with van der Waals surface area (Å²) in [5.41, 5.74) is -0.235. The van der Waals surface area contributed by atoms with Gasteiger partial charge in [0.25, 0.3) is 0 Å². The van der Waals surface area contributed by atoms with Crippen molar-refractivity contribution in [3.8, 4) is 0 Å². The van der Waals surface area contributed by atoms with Crippen LogP contribution in [0.5, 0.6) is 0 Å². The molecule has 0 amide bonds. The number of piperidine rings is 1. The first kappa shape index (κ1) is 22.6. The van der Waals surface area contributed by atoms with Gasteiger partial charge in [-0.15, -0.1) is 0 Å². The van der Waals surface area contributed by atoms with E-state index in [2.05, 4.69) is 25.6 Å². The van der Waals surface area contributed by atoms with Gasteiger partial charge in [0.15, 0.2) is 0 Å². The van der Waals surface area contributed by atoms with E-state index >= 15 is 0 Å². The maximum absolute atomic E-state index is 13.1. The zero-order valence-corrected chi connectivity index (χ0v) is 17.0. The number of halogens is 6. The minimum atomic E-state index is -4.53. The molecule has 2 aromatic heterocycles. The number of hydrogen-bond donors (Lipinski definition) is 2. The minimum absolute atomic E-state index is 0.0292. The number of nitrogens with zero attached hydrogens (tertiary/aromatic N) is 4. The number of hydrogen-bond acceptors (Lipinski definition) is 6. The van der Waals surface area contributed by atoms with Crippen LogP contribution in [0.2, 0.25) is 0 Å². The first-order chi connectivity index (χ1) is 15.1. The van der Waals surface area contributed by atoms with E-state index < -0.39 is 23.8 Å². The fourth-order valence-electron chi connectivity index (χ4n) is 3.99. The van der Waals surface area contributed by atoms with Crippen molar-refractivity contribution in [3.05, 3.63) is 35.7 Å². The second-order valence-corrected chi connectivity index (χ2v) is 8.05. The largest absolute Gasteiger partial charge is 0.416 e. The van der Waals surface area contributed by atoms with Gasteiger partial charge in [0, 0.05) is 37.8 Å². The monoisotopic (exact) mass is 460 g/mol. The summed E-state index contributed by atoms with van der Waals surface area (Å²) < 4.78 is 78.5. The normalized spacial score (nSPS) is 22.2. The third-order valence-corrected chi connectivity index (χ3v) is 5.73. The zero-order chi connectivity index (χ0) is 22.9. The van der Waals surface area contributed by atoms with Gasteiger partial charge in [-0.25, -0.2) is 9.97 Å². The number of aromatic nitrogens is 3. The molecule has 0 bridgehead atoms. The van der Waals surface area contributed by atoms with Crippen LogP contribution >= 0.6 is 0 Å². The lowest BCUT2D eigenvalue weighted by Crippen LogP contribution is -2.30. The molecular formula is C20H22F6N6. The van der Waals surface area contributed by atoms with Crippen molar-refractivity contribution in [2.45, 2.75) is 37.5 Å². The number of nitrogens with one attached hydrogen (secondary N) is 2. The average Bonchev–Trinajstić information content (AvgIpc) is 3.25. The van der Waals surface area contributed by atoms with Crippen LogP contribution in [0.4, 0.5) is 43.9 Å². The molecule has 0 radical (unpaired) electrons. The molecule has 2 N–H and O–H groups in total. The summed E-state index contributed by atoms with van der Waals surface area (Å²) in [4.78, 5) is 14.2. The summed E-state index contributed by atoms with van der Waals surface area (Å²) in [6, 6.07) is 3.34. The maximum atomic E-state index is 13.1. The lowest BCUT2D eigenvalue weighted by Gasteiger charge is -2.25. The quantitative estimate of drug-likeness (QED) is 0.656. The highest BCUT2D eigenvalue weighted by molar-refractivity contribution is 5.55. The Hall–Kier alpha value is -2.63. The summed E-state index contributed by atoms with van der Waals surface area (Å²) in [5.74, 6) is -1.17. The van der Waals surface area contributed by atoms with E-state index in [9.17, 15) is 26.3 Å². The van der Waals surface area contributed by atoms with Crippen molar-refractivity contribution in [1.82, 2.24) is 20.3 Å². The highest BCUT2D eigenvalue weighted by Crippen LogP contribution is 2.36. The SMILES string of the molecule is FC(F)(F)c1ccnc(Nc2cc(C3CCCNC3)nc(N3CCC(C(F)(F)F)C3)n2)c1. The minimum Gasteiger partial charge on any atom is -0.340 e. The smallest absolute Gasteiger partial charge is 0.340 e. The van der Waals surface area contributed by atoms with Crippen LogP contribution < -0.4 is 15.5 Å². The molecule has 32 heavy (non-hydrogen) atoms. The molecule has 0 spiro atoms. The molecule has 2 aliphatic heterocycles. The van der Waals surface area contributed by atoms with Crippen LogP contribution in [0, 0.1) is 5.92 Å². The molecule has 0 aromatic carbocycles. The molecule has 0 aliphatic carbocycles. The van der Waals surface area contributed by atoms with Crippen molar-refractivity contribution < 1.29 is 26.3 Å². The molecule has 2 aliphatic rings. The summed E-state index contributed by atoms with van der Waals surface area (Å²) >= 11 is 0. The third kappa shape index (κ3) is 5.22. The number of anilines is 3. The van der Waals surface area contributed by atoms with Crippen molar-refractivity contribution in [3.63, 3.8) is 0 Å². The van der Waals surface area contributed by atoms with E-state index in [1.54, 1.807) is 6.07 Å². The van der Waals surface area contributed by atoms with Crippen LogP contribution in [-0.2, 0) is 6.18 Å². The van der Waals surface area contributed by atoms with Crippen molar-refractivity contribution in [2.24, 2.45) is 5.92 Å². The van der Waals surface area contributed by atoms with Gasteiger partial charge in [0.1, 0.15) is 11.6 Å². The zero-order valence-electron chi connectivity index (χ0n) is 17.0. The molecule has 4 heterocycles. The summed E-state index contributed by atoms with van der Waals surface area (Å²) in [7, 11) is 0. The van der Waals surface area contributed by atoms with Gasteiger partial charge in [-0.05, 0) is 37.9 Å². The van der Waals surface area contributed by atoms with E-state index in [-0.39, 0.29) is 43.0 Å². The van der Waals surface area contributed by atoms with E-state index in [4.69, 9.17) is 0 Å². The fraction of sp³-hybridized carbons (Fsp3) is 0.550. The molecule has 4 rings (SSSR count). The Balaban J connectivity index is 1.64. The van der Waals surface area contributed by atoms with Gasteiger partial charge in [0.2, 0.25) is 5.95 Å². The summed E-state index contributed by atoms with van der Waals surface area (Å²) in [5, 5.41) is 6.03. The van der Waals surface area contributed by atoms with Crippen LogP contribution in [0.1, 0.15) is 36.4 Å². The van der Waals surface area contributed by atoms with Crippen molar-refractivity contribution in [2.75, 3.05) is 36.4 Å². The molecule has 12 heteroatoms. The van der Waals surface area contributed by atoms with Crippen LogP contribution in [-0.4, -0.2) is 47.3 Å². The lowest BCUT2D eigenvalue weighted by molar-refractivity contribution is -0.168. The van der Waals surface area contributed by atoms with E-state index in [1.165, 1.54) is 4.90 Å².